The summed E-state index contributed by atoms with van der Waals surface area (Å²) in [4.78, 5) is 16.5. The van der Waals surface area contributed by atoms with Crippen molar-refractivity contribution >= 4 is 15.8 Å². The van der Waals surface area contributed by atoms with E-state index < -0.39 is 15.8 Å². The van der Waals surface area contributed by atoms with Crippen LogP contribution in [0.2, 0.25) is 0 Å². The van der Waals surface area contributed by atoms with Gasteiger partial charge in [-0.1, -0.05) is 61.5 Å². The maximum atomic E-state index is 11.9. The zero-order valence-electron chi connectivity index (χ0n) is 17.7. The van der Waals surface area contributed by atoms with Gasteiger partial charge in [0.05, 0.1) is 10.6 Å². The van der Waals surface area contributed by atoms with Gasteiger partial charge in [0.25, 0.3) is 0 Å². The molecule has 162 valence electrons. The van der Waals surface area contributed by atoms with Crippen molar-refractivity contribution in [2.45, 2.75) is 18.2 Å². The van der Waals surface area contributed by atoms with Gasteiger partial charge in [0, 0.05) is 17.5 Å². The number of aromatic nitrogens is 2. The highest BCUT2D eigenvalue weighted by atomic mass is 32.2. The van der Waals surface area contributed by atoms with Crippen molar-refractivity contribution in [3.63, 3.8) is 0 Å². The normalized spacial score (nSPS) is 11.4. The first-order chi connectivity index (χ1) is 15.3. The molecule has 4 rings (SSSR count). The second-order valence-corrected chi connectivity index (χ2v) is 9.45. The van der Waals surface area contributed by atoms with Crippen LogP contribution in [0.15, 0.2) is 83.8 Å². The van der Waals surface area contributed by atoms with Crippen molar-refractivity contribution in [2.75, 3.05) is 6.26 Å². The number of benzene rings is 3. The molecule has 0 fully saturated rings. The van der Waals surface area contributed by atoms with Gasteiger partial charge in [-0.05, 0) is 41.8 Å². The van der Waals surface area contributed by atoms with E-state index in [1.807, 2.05) is 72.2 Å². The molecule has 0 unspecified atom stereocenters. The van der Waals surface area contributed by atoms with Crippen molar-refractivity contribution < 1.29 is 18.3 Å². The molecular weight excluding hydrogens is 424 g/mol. The molecule has 3 aromatic carbocycles. The molecule has 7 heteroatoms. The molecule has 0 bridgehead atoms. The van der Waals surface area contributed by atoms with Crippen LogP contribution in [0.4, 0.5) is 0 Å². The van der Waals surface area contributed by atoms with Gasteiger partial charge in [0.1, 0.15) is 5.82 Å². The van der Waals surface area contributed by atoms with E-state index in [0.29, 0.717) is 17.9 Å². The third-order valence-corrected chi connectivity index (χ3v) is 6.37. The molecule has 0 aliphatic rings. The number of carboxylic acids is 1. The van der Waals surface area contributed by atoms with Crippen LogP contribution in [-0.4, -0.2) is 35.3 Å². The van der Waals surface area contributed by atoms with E-state index >= 15 is 0 Å². The summed E-state index contributed by atoms with van der Waals surface area (Å²) < 4.78 is 25.7. The van der Waals surface area contributed by atoms with Crippen molar-refractivity contribution in [3.05, 3.63) is 90.3 Å². The fraction of sp³-hybridized carbons (Fsp3) is 0.120. The average Bonchev–Trinajstić information content (AvgIpc) is 3.19. The van der Waals surface area contributed by atoms with Crippen molar-refractivity contribution in [2.24, 2.45) is 0 Å². The molecule has 6 nitrogen and oxygen atoms in total. The Morgan fingerprint density at radius 1 is 0.906 bits per heavy atom. The van der Waals surface area contributed by atoms with E-state index in [1.165, 1.54) is 6.26 Å². The van der Waals surface area contributed by atoms with Gasteiger partial charge in [-0.2, -0.15) is 0 Å². The SMILES string of the molecule is CCc1c(C(=O)O)nc(-c2ccccc2)n1-c1ccc(-c2cccc(S(C)(=O)=O)c2)cc1. The van der Waals surface area contributed by atoms with Gasteiger partial charge < -0.3 is 5.11 Å². The maximum Gasteiger partial charge on any atom is 0.356 e. The Bertz CT molecular complexity index is 1390. The molecule has 0 radical (unpaired) electrons. The van der Waals surface area contributed by atoms with Gasteiger partial charge in [-0.3, -0.25) is 4.57 Å². The minimum atomic E-state index is -3.30. The third-order valence-electron chi connectivity index (χ3n) is 5.26. The predicted molar refractivity (Wildman–Crippen MR) is 124 cm³/mol. The maximum absolute atomic E-state index is 11.9. The molecule has 4 aromatic rings. The molecule has 1 aromatic heterocycles. The van der Waals surface area contributed by atoms with Crippen LogP contribution in [0.3, 0.4) is 0 Å². The summed E-state index contributed by atoms with van der Waals surface area (Å²) in [6.45, 7) is 1.90. The Kier molecular flexibility index (Phi) is 5.67. The summed E-state index contributed by atoms with van der Waals surface area (Å²) in [5.41, 5.74) is 3.90. The molecule has 32 heavy (non-hydrogen) atoms. The highest BCUT2D eigenvalue weighted by molar-refractivity contribution is 7.90. The number of imidazole rings is 1. The van der Waals surface area contributed by atoms with Crippen LogP contribution in [0.25, 0.3) is 28.2 Å². The summed E-state index contributed by atoms with van der Waals surface area (Å²) in [5.74, 6) is -0.501. The lowest BCUT2D eigenvalue weighted by Crippen LogP contribution is -2.05. The van der Waals surface area contributed by atoms with Crippen LogP contribution in [-0.2, 0) is 16.3 Å². The molecule has 0 saturated heterocycles. The Balaban J connectivity index is 1.84. The van der Waals surface area contributed by atoms with Crippen LogP contribution in [0.1, 0.15) is 23.1 Å². The summed E-state index contributed by atoms with van der Waals surface area (Å²) in [6.07, 6.45) is 1.69. The fourth-order valence-electron chi connectivity index (χ4n) is 3.72. The molecular formula is C25H22N2O4S. The largest absolute Gasteiger partial charge is 0.476 e. The first kappa shape index (κ1) is 21.5. The number of rotatable bonds is 6. The molecule has 1 heterocycles. The van der Waals surface area contributed by atoms with E-state index in [9.17, 15) is 18.3 Å². The third kappa shape index (κ3) is 4.07. The molecule has 0 spiro atoms. The van der Waals surface area contributed by atoms with Crippen molar-refractivity contribution in [3.8, 4) is 28.2 Å². The van der Waals surface area contributed by atoms with E-state index in [0.717, 1.165) is 22.4 Å². The smallest absolute Gasteiger partial charge is 0.356 e. The van der Waals surface area contributed by atoms with Gasteiger partial charge in [-0.25, -0.2) is 18.2 Å². The quantitative estimate of drug-likeness (QED) is 0.456. The highest BCUT2D eigenvalue weighted by Gasteiger charge is 2.22. The number of carbonyl (C=O) groups is 1. The highest BCUT2D eigenvalue weighted by Crippen LogP contribution is 2.29. The fourth-order valence-corrected chi connectivity index (χ4v) is 4.39. The number of aromatic carboxylic acids is 1. The minimum absolute atomic E-state index is 0.0382. The Morgan fingerprint density at radius 2 is 1.56 bits per heavy atom. The van der Waals surface area contributed by atoms with Gasteiger partial charge >= 0.3 is 5.97 Å². The van der Waals surface area contributed by atoms with Gasteiger partial charge in [0.2, 0.25) is 0 Å². The summed E-state index contributed by atoms with van der Waals surface area (Å²) >= 11 is 0. The topological polar surface area (TPSA) is 89.3 Å². The number of carboxylic acid groups (broad SMARTS) is 1. The lowest BCUT2D eigenvalue weighted by atomic mass is 10.1. The van der Waals surface area contributed by atoms with Crippen LogP contribution < -0.4 is 0 Å². The monoisotopic (exact) mass is 446 g/mol. The number of hydrogen-bond acceptors (Lipinski definition) is 4. The van der Waals surface area contributed by atoms with E-state index in [-0.39, 0.29) is 10.6 Å². The van der Waals surface area contributed by atoms with Crippen molar-refractivity contribution in [1.82, 2.24) is 9.55 Å². The zero-order chi connectivity index (χ0) is 22.9. The molecule has 0 amide bonds. The average molecular weight is 447 g/mol. The molecule has 0 atom stereocenters. The van der Waals surface area contributed by atoms with Crippen LogP contribution >= 0.6 is 0 Å². The Morgan fingerprint density at radius 3 is 2.16 bits per heavy atom. The van der Waals surface area contributed by atoms with Crippen LogP contribution in [0.5, 0.6) is 0 Å². The summed E-state index contributed by atoms with van der Waals surface area (Å²) in [7, 11) is -3.30. The molecule has 0 aliphatic heterocycles. The molecule has 1 N–H and O–H groups in total. The van der Waals surface area contributed by atoms with Gasteiger partial charge in [0.15, 0.2) is 15.5 Å². The van der Waals surface area contributed by atoms with Crippen molar-refractivity contribution in [1.29, 1.82) is 0 Å². The lowest BCUT2D eigenvalue weighted by molar-refractivity contribution is 0.0690. The zero-order valence-corrected chi connectivity index (χ0v) is 18.5. The van der Waals surface area contributed by atoms with E-state index in [4.69, 9.17) is 0 Å². The second kappa shape index (κ2) is 8.43. The van der Waals surface area contributed by atoms with E-state index in [2.05, 4.69) is 4.98 Å². The lowest BCUT2D eigenvalue weighted by Gasteiger charge is -2.13. The first-order valence-electron chi connectivity index (χ1n) is 10.1. The Labute approximate surface area is 186 Å². The molecule has 0 saturated carbocycles. The number of sulfone groups is 1. The van der Waals surface area contributed by atoms with Crippen LogP contribution in [0, 0.1) is 0 Å². The predicted octanol–water partition coefficient (Wildman–Crippen LogP) is 4.87. The standard InChI is InChI=1S/C25H22N2O4S/c1-3-22-23(25(28)29)26-24(18-8-5-4-6-9-18)27(22)20-14-12-17(13-15-20)19-10-7-11-21(16-19)32(2,30)31/h4-16H,3H2,1-2H3,(H,28,29). The van der Waals surface area contributed by atoms with E-state index in [1.54, 1.807) is 18.2 Å². The summed E-state index contributed by atoms with van der Waals surface area (Å²) in [6, 6.07) is 23.8. The first-order valence-corrected chi connectivity index (χ1v) is 12.0. The molecule has 0 aliphatic carbocycles. The summed E-state index contributed by atoms with van der Waals surface area (Å²) in [5, 5.41) is 9.69. The number of hydrogen-bond donors (Lipinski definition) is 1. The number of nitrogens with zero attached hydrogens (tertiary/aromatic N) is 2. The minimum Gasteiger partial charge on any atom is -0.476 e. The second-order valence-electron chi connectivity index (χ2n) is 7.44. The van der Waals surface area contributed by atoms with Gasteiger partial charge in [-0.15, -0.1) is 0 Å². The Hall–Kier alpha value is -3.71.